The molecule has 7 heteroatoms. The third-order valence-electron chi connectivity index (χ3n) is 5.11. The lowest BCUT2D eigenvalue weighted by Gasteiger charge is -2.38. The van der Waals surface area contributed by atoms with E-state index in [2.05, 4.69) is 0 Å². The van der Waals surface area contributed by atoms with Gasteiger partial charge in [-0.1, -0.05) is 12.8 Å². The third kappa shape index (κ3) is 3.63. The van der Waals surface area contributed by atoms with E-state index >= 15 is 0 Å². The standard InChI is InChI=1S/C15H28N2O4S/c1-11(16)12-6-5-9-17(10-12)22(19,20)14-8-4-3-7-13(14)15(18)21-2/h11-14H,3-10,16H2,1-2H3. The van der Waals surface area contributed by atoms with Crippen LogP contribution in [0, 0.1) is 11.8 Å². The minimum absolute atomic E-state index is 0.0132. The van der Waals surface area contributed by atoms with Gasteiger partial charge < -0.3 is 10.5 Å². The molecule has 2 N–H and O–H groups in total. The molecule has 1 aliphatic heterocycles. The molecule has 2 aliphatic rings. The smallest absolute Gasteiger partial charge is 0.310 e. The molecule has 1 saturated carbocycles. The highest BCUT2D eigenvalue weighted by molar-refractivity contribution is 7.89. The van der Waals surface area contributed by atoms with Gasteiger partial charge >= 0.3 is 5.97 Å². The summed E-state index contributed by atoms with van der Waals surface area (Å²) >= 11 is 0. The van der Waals surface area contributed by atoms with Crippen LogP contribution in [0.1, 0.15) is 45.4 Å². The van der Waals surface area contributed by atoms with Gasteiger partial charge in [0, 0.05) is 19.1 Å². The van der Waals surface area contributed by atoms with Gasteiger partial charge in [0.05, 0.1) is 18.3 Å². The second kappa shape index (κ2) is 7.27. The second-order valence-electron chi connectivity index (χ2n) is 6.62. The fourth-order valence-corrected chi connectivity index (χ4v) is 5.99. The highest BCUT2D eigenvalue weighted by atomic mass is 32.2. The molecule has 1 aliphatic carbocycles. The lowest BCUT2D eigenvalue weighted by atomic mass is 9.89. The van der Waals surface area contributed by atoms with Crippen molar-refractivity contribution in [3.05, 3.63) is 0 Å². The summed E-state index contributed by atoms with van der Waals surface area (Å²) < 4.78 is 32.4. The Balaban J connectivity index is 2.18. The zero-order chi connectivity index (χ0) is 16.3. The molecule has 0 aromatic rings. The van der Waals surface area contributed by atoms with Crippen molar-refractivity contribution in [1.82, 2.24) is 4.31 Å². The summed E-state index contributed by atoms with van der Waals surface area (Å²) in [6.07, 6.45) is 4.68. The number of piperidine rings is 1. The Bertz CT molecular complexity index is 492. The number of methoxy groups -OCH3 is 1. The maximum absolute atomic E-state index is 13.0. The third-order valence-corrected chi connectivity index (χ3v) is 7.49. The van der Waals surface area contributed by atoms with E-state index in [0.29, 0.717) is 25.9 Å². The summed E-state index contributed by atoms with van der Waals surface area (Å²) in [4.78, 5) is 12.0. The van der Waals surface area contributed by atoms with Crippen molar-refractivity contribution >= 4 is 16.0 Å². The SMILES string of the molecule is COC(=O)C1CCCCC1S(=O)(=O)N1CCCC(C(C)N)C1. The number of rotatable bonds is 4. The molecule has 2 rings (SSSR count). The Labute approximate surface area is 133 Å². The van der Waals surface area contributed by atoms with Crippen LogP contribution >= 0.6 is 0 Å². The van der Waals surface area contributed by atoms with Crippen molar-refractivity contribution in [2.24, 2.45) is 17.6 Å². The normalized spacial score (nSPS) is 32.4. The van der Waals surface area contributed by atoms with Crippen LogP contribution in [0.4, 0.5) is 0 Å². The van der Waals surface area contributed by atoms with E-state index in [1.54, 1.807) is 4.31 Å². The van der Waals surface area contributed by atoms with Gasteiger partial charge in [-0.25, -0.2) is 12.7 Å². The zero-order valence-corrected chi connectivity index (χ0v) is 14.3. The van der Waals surface area contributed by atoms with Crippen LogP contribution < -0.4 is 5.73 Å². The van der Waals surface area contributed by atoms with Crippen LogP contribution in [0.3, 0.4) is 0 Å². The van der Waals surface area contributed by atoms with E-state index < -0.39 is 27.2 Å². The van der Waals surface area contributed by atoms with Gasteiger partial charge in [-0.2, -0.15) is 0 Å². The van der Waals surface area contributed by atoms with Crippen LogP contribution in [0.2, 0.25) is 0 Å². The molecule has 0 radical (unpaired) electrons. The topological polar surface area (TPSA) is 89.7 Å². The number of ether oxygens (including phenoxy) is 1. The summed E-state index contributed by atoms with van der Waals surface area (Å²) in [6.45, 7) is 2.94. The van der Waals surface area contributed by atoms with E-state index in [9.17, 15) is 13.2 Å². The van der Waals surface area contributed by atoms with Gasteiger partial charge in [0.1, 0.15) is 0 Å². The fourth-order valence-electron chi connectivity index (χ4n) is 3.70. The van der Waals surface area contributed by atoms with Gasteiger partial charge in [-0.05, 0) is 38.5 Å². The van der Waals surface area contributed by atoms with Gasteiger partial charge in [0.25, 0.3) is 0 Å². The summed E-state index contributed by atoms with van der Waals surface area (Å²) in [5, 5.41) is -0.638. The molecule has 0 amide bonds. The second-order valence-corrected chi connectivity index (χ2v) is 8.77. The summed E-state index contributed by atoms with van der Waals surface area (Å²) in [7, 11) is -2.15. The first-order valence-corrected chi connectivity index (χ1v) is 9.70. The molecule has 0 bridgehead atoms. The van der Waals surface area contributed by atoms with Crippen LogP contribution in [0.25, 0.3) is 0 Å². The number of sulfonamides is 1. The Morgan fingerprint density at radius 3 is 2.55 bits per heavy atom. The molecule has 1 saturated heterocycles. The number of nitrogens with two attached hydrogens (primary N) is 1. The molecular weight excluding hydrogens is 304 g/mol. The molecule has 0 aromatic heterocycles. The van der Waals surface area contributed by atoms with Crippen molar-refractivity contribution in [3.63, 3.8) is 0 Å². The average Bonchev–Trinajstić information content (AvgIpc) is 2.54. The van der Waals surface area contributed by atoms with Gasteiger partial charge in [0.2, 0.25) is 10.0 Å². The number of esters is 1. The molecule has 6 nitrogen and oxygen atoms in total. The average molecular weight is 332 g/mol. The number of hydrogen-bond acceptors (Lipinski definition) is 5. The molecule has 0 aromatic carbocycles. The minimum atomic E-state index is -3.48. The largest absolute Gasteiger partial charge is 0.469 e. The van der Waals surface area contributed by atoms with E-state index in [1.807, 2.05) is 6.92 Å². The van der Waals surface area contributed by atoms with Crippen molar-refractivity contribution in [2.45, 2.75) is 56.7 Å². The number of nitrogens with zero attached hydrogens (tertiary/aromatic N) is 1. The first-order chi connectivity index (χ1) is 10.4. The predicted octanol–water partition coefficient (Wildman–Crippen LogP) is 1.11. The quantitative estimate of drug-likeness (QED) is 0.779. The van der Waals surface area contributed by atoms with Crippen molar-refractivity contribution in [3.8, 4) is 0 Å². The molecule has 4 atom stereocenters. The Morgan fingerprint density at radius 1 is 1.23 bits per heavy atom. The van der Waals surface area contributed by atoms with E-state index in [0.717, 1.165) is 25.7 Å². The first-order valence-electron chi connectivity index (χ1n) is 8.20. The van der Waals surface area contributed by atoms with Gasteiger partial charge in [-0.15, -0.1) is 0 Å². The van der Waals surface area contributed by atoms with Crippen LogP contribution in [-0.4, -0.2) is 50.2 Å². The molecule has 22 heavy (non-hydrogen) atoms. The lowest BCUT2D eigenvalue weighted by molar-refractivity contribution is -0.146. The summed E-state index contributed by atoms with van der Waals surface area (Å²) in [6, 6.07) is -0.0132. The highest BCUT2D eigenvalue weighted by Gasteiger charge is 2.44. The van der Waals surface area contributed by atoms with Crippen molar-refractivity contribution in [2.75, 3.05) is 20.2 Å². The fraction of sp³-hybridized carbons (Fsp3) is 0.933. The van der Waals surface area contributed by atoms with Crippen LogP contribution in [0.15, 0.2) is 0 Å². The summed E-state index contributed by atoms with van der Waals surface area (Å²) in [5.41, 5.74) is 5.95. The van der Waals surface area contributed by atoms with E-state index in [-0.39, 0.29) is 12.0 Å². The lowest BCUT2D eigenvalue weighted by Crippen LogP contribution is -2.51. The predicted molar refractivity (Wildman–Crippen MR) is 84.6 cm³/mol. The Kier molecular flexibility index (Phi) is 5.85. The molecule has 128 valence electrons. The number of carbonyl (C=O) groups excluding carboxylic acids is 1. The van der Waals surface area contributed by atoms with Crippen LogP contribution in [-0.2, 0) is 19.6 Å². The Morgan fingerprint density at radius 2 is 1.91 bits per heavy atom. The maximum Gasteiger partial charge on any atom is 0.310 e. The van der Waals surface area contributed by atoms with Crippen molar-refractivity contribution < 1.29 is 17.9 Å². The van der Waals surface area contributed by atoms with Crippen LogP contribution in [0.5, 0.6) is 0 Å². The minimum Gasteiger partial charge on any atom is -0.469 e. The molecule has 2 fully saturated rings. The molecule has 0 spiro atoms. The zero-order valence-electron chi connectivity index (χ0n) is 13.5. The monoisotopic (exact) mass is 332 g/mol. The first kappa shape index (κ1) is 17.7. The maximum atomic E-state index is 13.0. The molecular formula is C15H28N2O4S. The molecule has 1 heterocycles. The molecule has 4 unspecified atom stereocenters. The van der Waals surface area contributed by atoms with E-state index in [4.69, 9.17) is 10.5 Å². The number of carbonyl (C=O) groups is 1. The van der Waals surface area contributed by atoms with E-state index in [1.165, 1.54) is 7.11 Å². The summed E-state index contributed by atoms with van der Waals surface area (Å²) in [5.74, 6) is -0.725. The van der Waals surface area contributed by atoms with Gasteiger partial charge in [0.15, 0.2) is 0 Å². The number of hydrogen-bond donors (Lipinski definition) is 1. The van der Waals surface area contributed by atoms with Crippen molar-refractivity contribution in [1.29, 1.82) is 0 Å². The Hall–Kier alpha value is -0.660. The van der Waals surface area contributed by atoms with Gasteiger partial charge in [-0.3, -0.25) is 4.79 Å². The highest BCUT2D eigenvalue weighted by Crippen LogP contribution is 2.34.